The summed E-state index contributed by atoms with van der Waals surface area (Å²) in [6, 6.07) is 3.23. The van der Waals surface area contributed by atoms with Crippen molar-refractivity contribution in [3.8, 4) is 5.75 Å². The fourth-order valence-corrected chi connectivity index (χ4v) is 2.76. The summed E-state index contributed by atoms with van der Waals surface area (Å²) in [7, 11) is 0. The first-order valence-electron chi connectivity index (χ1n) is 7.07. The average Bonchev–Trinajstić information content (AvgIpc) is 2.33. The van der Waals surface area contributed by atoms with E-state index in [1.165, 1.54) is 6.07 Å². The van der Waals surface area contributed by atoms with E-state index in [1.54, 1.807) is 0 Å². The van der Waals surface area contributed by atoms with Crippen molar-refractivity contribution in [2.45, 2.75) is 52.2 Å². The summed E-state index contributed by atoms with van der Waals surface area (Å²) in [5, 5.41) is 10.0. The molecule has 1 aromatic carbocycles. The van der Waals surface area contributed by atoms with Gasteiger partial charge in [0.05, 0.1) is 6.10 Å². The Morgan fingerprint density at radius 3 is 2.50 bits per heavy atom. The second-order valence-electron chi connectivity index (χ2n) is 6.67. The predicted octanol–water partition coefficient (Wildman–Crippen LogP) is 3.92. The van der Waals surface area contributed by atoms with Crippen LogP contribution in [0.2, 0.25) is 0 Å². The zero-order chi connectivity index (χ0) is 14.9. The number of benzene rings is 1. The average molecular weight is 284 g/mol. The minimum atomic E-state index is -0.727. The summed E-state index contributed by atoms with van der Waals surface area (Å²) >= 11 is 0. The van der Waals surface area contributed by atoms with Gasteiger partial charge in [-0.2, -0.15) is 0 Å². The number of aliphatic hydroxyl groups is 1. The Morgan fingerprint density at radius 2 is 1.90 bits per heavy atom. The monoisotopic (exact) mass is 284 g/mol. The Kier molecular flexibility index (Phi) is 4.33. The van der Waals surface area contributed by atoms with Gasteiger partial charge in [0.25, 0.3) is 0 Å². The molecule has 0 aliphatic heterocycles. The molecule has 20 heavy (non-hydrogen) atoms. The van der Waals surface area contributed by atoms with Crippen LogP contribution in [0.25, 0.3) is 0 Å². The van der Waals surface area contributed by atoms with Gasteiger partial charge in [-0.15, -0.1) is 0 Å². The van der Waals surface area contributed by atoms with Gasteiger partial charge in [0, 0.05) is 6.07 Å². The highest BCUT2D eigenvalue weighted by molar-refractivity contribution is 5.25. The Balaban J connectivity index is 2.10. The van der Waals surface area contributed by atoms with Crippen LogP contribution in [0.3, 0.4) is 0 Å². The largest absolute Gasteiger partial charge is 0.485 e. The van der Waals surface area contributed by atoms with Gasteiger partial charge in [-0.1, -0.05) is 20.8 Å². The maximum absolute atomic E-state index is 13.6. The molecule has 2 rings (SSSR count). The molecule has 0 bridgehead atoms. The number of ether oxygens (including phenoxy) is 1. The molecule has 1 aliphatic rings. The normalized spacial score (nSPS) is 27.4. The smallest absolute Gasteiger partial charge is 0.167 e. The fraction of sp³-hybridized carbons (Fsp3) is 0.625. The summed E-state index contributed by atoms with van der Waals surface area (Å²) in [5.41, 5.74) is 0.128. The van der Waals surface area contributed by atoms with Crippen molar-refractivity contribution in [3.63, 3.8) is 0 Å². The first kappa shape index (κ1) is 15.2. The molecule has 0 spiro atoms. The van der Waals surface area contributed by atoms with Crippen molar-refractivity contribution in [3.05, 3.63) is 29.8 Å². The van der Waals surface area contributed by atoms with Gasteiger partial charge < -0.3 is 9.84 Å². The molecule has 0 radical (unpaired) electrons. The molecule has 1 saturated carbocycles. The minimum Gasteiger partial charge on any atom is -0.485 e. The maximum atomic E-state index is 13.6. The van der Waals surface area contributed by atoms with Crippen molar-refractivity contribution in [1.29, 1.82) is 0 Å². The van der Waals surface area contributed by atoms with E-state index in [9.17, 15) is 13.9 Å². The standard InChI is InChI=1S/C16H22F2O2/c1-16(2,3)10-4-6-13(19)15(8-10)20-14-7-5-11(17)9-12(14)18/h5,7,9-10,13,15,19H,4,6,8H2,1-3H3. The number of rotatable bonds is 2. The summed E-state index contributed by atoms with van der Waals surface area (Å²) < 4.78 is 32.1. The summed E-state index contributed by atoms with van der Waals surface area (Å²) in [6.45, 7) is 6.47. The molecule has 3 atom stereocenters. The first-order valence-corrected chi connectivity index (χ1v) is 7.07. The van der Waals surface area contributed by atoms with Crippen molar-refractivity contribution >= 4 is 0 Å². The van der Waals surface area contributed by atoms with Crippen LogP contribution in [0.1, 0.15) is 40.0 Å². The van der Waals surface area contributed by atoms with E-state index in [2.05, 4.69) is 20.8 Å². The molecule has 3 unspecified atom stereocenters. The molecule has 1 aromatic rings. The molecule has 112 valence electrons. The Hall–Kier alpha value is -1.16. The molecule has 0 amide bonds. The summed E-state index contributed by atoms with van der Waals surface area (Å²) in [6.07, 6.45) is 1.24. The third-order valence-corrected chi connectivity index (χ3v) is 4.15. The molecule has 1 aliphatic carbocycles. The van der Waals surface area contributed by atoms with Crippen LogP contribution in [0, 0.1) is 23.0 Å². The molecule has 2 nitrogen and oxygen atoms in total. The molecular formula is C16H22F2O2. The molecule has 4 heteroatoms. The maximum Gasteiger partial charge on any atom is 0.167 e. The van der Waals surface area contributed by atoms with E-state index in [4.69, 9.17) is 4.74 Å². The zero-order valence-electron chi connectivity index (χ0n) is 12.2. The van der Waals surface area contributed by atoms with Gasteiger partial charge in [-0.3, -0.25) is 0 Å². The van der Waals surface area contributed by atoms with Gasteiger partial charge in [-0.25, -0.2) is 8.78 Å². The van der Waals surface area contributed by atoms with Gasteiger partial charge in [0.2, 0.25) is 0 Å². The van der Waals surface area contributed by atoms with Crippen molar-refractivity contribution in [1.82, 2.24) is 0 Å². The van der Waals surface area contributed by atoms with E-state index in [0.717, 1.165) is 18.6 Å². The van der Waals surface area contributed by atoms with Gasteiger partial charge in [0.15, 0.2) is 11.6 Å². The topological polar surface area (TPSA) is 29.5 Å². The summed E-state index contributed by atoms with van der Waals surface area (Å²) in [4.78, 5) is 0. The Labute approximate surface area is 118 Å². The molecule has 1 N–H and O–H groups in total. The fourth-order valence-electron chi connectivity index (χ4n) is 2.76. The third kappa shape index (κ3) is 3.48. The lowest BCUT2D eigenvalue weighted by Crippen LogP contribution is -2.41. The lowest BCUT2D eigenvalue weighted by Gasteiger charge is -2.39. The SMILES string of the molecule is CC(C)(C)C1CCC(O)C(Oc2ccc(F)cc2F)C1. The van der Waals surface area contributed by atoms with Gasteiger partial charge >= 0.3 is 0 Å². The minimum absolute atomic E-state index is 0.00464. The molecular weight excluding hydrogens is 262 g/mol. The van der Waals surface area contributed by atoms with E-state index in [-0.39, 0.29) is 11.2 Å². The van der Waals surface area contributed by atoms with Crippen LogP contribution in [0.15, 0.2) is 18.2 Å². The highest BCUT2D eigenvalue weighted by Gasteiger charge is 2.36. The van der Waals surface area contributed by atoms with E-state index >= 15 is 0 Å². The molecule has 0 aromatic heterocycles. The molecule has 1 fully saturated rings. The van der Waals surface area contributed by atoms with Crippen LogP contribution in [-0.2, 0) is 0 Å². The van der Waals surface area contributed by atoms with E-state index in [0.29, 0.717) is 18.8 Å². The van der Waals surface area contributed by atoms with Crippen molar-refractivity contribution in [2.24, 2.45) is 11.3 Å². The second-order valence-corrected chi connectivity index (χ2v) is 6.67. The number of hydrogen-bond donors (Lipinski definition) is 1. The van der Waals surface area contributed by atoms with Gasteiger partial charge in [-0.05, 0) is 42.7 Å². The summed E-state index contributed by atoms with van der Waals surface area (Å²) in [5.74, 6) is -0.939. The quantitative estimate of drug-likeness (QED) is 0.892. The second kappa shape index (κ2) is 5.68. The number of hydrogen-bond acceptors (Lipinski definition) is 2. The van der Waals surface area contributed by atoms with E-state index in [1.807, 2.05) is 0 Å². The third-order valence-electron chi connectivity index (χ3n) is 4.15. The van der Waals surface area contributed by atoms with Crippen molar-refractivity contribution < 1.29 is 18.6 Å². The molecule has 0 saturated heterocycles. The van der Waals surface area contributed by atoms with Crippen LogP contribution in [-0.4, -0.2) is 17.3 Å². The Morgan fingerprint density at radius 1 is 1.20 bits per heavy atom. The van der Waals surface area contributed by atoms with Gasteiger partial charge in [0.1, 0.15) is 11.9 Å². The molecule has 0 heterocycles. The predicted molar refractivity (Wildman–Crippen MR) is 73.6 cm³/mol. The van der Waals surface area contributed by atoms with Crippen molar-refractivity contribution in [2.75, 3.05) is 0 Å². The first-order chi connectivity index (χ1) is 9.27. The van der Waals surface area contributed by atoms with Crippen LogP contribution >= 0.6 is 0 Å². The zero-order valence-corrected chi connectivity index (χ0v) is 12.2. The highest BCUT2D eigenvalue weighted by atomic mass is 19.1. The van der Waals surface area contributed by atoms with E-state index < -0.39 is 23.8 Å². The number of aliphatic hydroxyl groups excluding tert-OH is 1. The lowest BCUT2D eigenvalue weighted by molar-refractivity contribution is -0.0312. The number of halogens is 2. The van der Waals surface area contributed by atoms with Crippen LogP contribution in [0.5, 0.6) is 5.75 Å². The highest BCUT2D eigenvalue weighted by Crippen LogP contribution is 2.39. The van der Waals surface area contributed by atoms with Crippen LogP contribution in [0.4, 0.5) is 8.78 Å². The van der Waals surface area contributed by atoms with Crippen LogP contribution < -0.4 is 4.74 Å². The lowest BCUT2D eigenvalue weighted by atomic mass is 9.71. The Bertz CT molecular complexity index is 468.